The molecule has 0 aromatic heterocycles. The largest absolute Gasteiger partial charge is 0.466 e. The lowest BCUT2D eigenvalue weighted by molar-refractivity contribution is -0.144. The fraction of sp³-hybridized carbons (Fsp3) is 0.478. The first-order valence-electron chi connectivity index (χ1n) is 10.9. The molecule has 3 rings (SSSR count). The van der Waals surface area contributed by atoms with Crippen molar-refractivity contribution in [3.63, 3.8) is 0 Å². The first kappa shape index (κ1) is 23.8. The van der Waals surface area contributed by atoms with Crippen LogP contribution in [0.4, 0.5) is 5.69 Å². The number of anilines is 1. The molecule has 1 atom stereocenters. The molecule has 0 saturated carbocycles. The Morgan fingerprint density at radius 3 is 2.72 bits per heavy atom. The Morgan fingerprint density at radius 1 is 1.19 bits per heavy atom. The summed E-state index contributed by atoms with van der Waals surface area (Å²) in [5, 5.41) is 3.74. The lowest BCUT2D eigenvalue weighted by atomic mass is 9.94. The number of ether oxygens (including phenoxy) is 2. The Labute approximate surface area is 192 Å². The molecule has 8 nitrogen and oxygen atoms in total. The highest BCUT2D eigenvalue weighted by molar-refractivity contribution is 8.13. The van der Waals surface area contributed by atoms with Gasteiger partial charge < -0.3 is 19.7 Å². The smallest absolute Gasteiger partial charge is 0.338 e. The van der Waals surface area contributed by atoms with E-state index in [9.17, 15) is 14.4 Å². The highest BCUT2D eigenvalue weighted by Crippen LogP contribution is 2.40. The minimum Gasteiger partial charge on any atom is -0.466 e. The summed E-state index contributed by atoms with van der Waals surface area (Å²) in [4.78, 5) is 43.5. The molecule has 2 aliphatic heterocycles. The van der Waals surface area contributed by atoms with Crippen LogP contribution >= 0.6 is 11.8 Å². The van der Waals surface area contributed by atoms with E-state index >= 15 is 0 Å². The second kappa shape index (κ2) is 11.2. The van der Waals surface area contributed by atoms with E-state index in [2.05, 4.69) is 15.2 Å². The highest BCUT2D eigenvalue weighted by Gasteiger charge is 2.37. The fourth-order valence-corrected chi connectivity index (χ4v) is 4.76. The molecule has 1 saturated heterocycles. The zero-order valence-electron chi connectivity index (χ0n) is 18.7. The van der Waals surface area contributed by atoms with Crippen molar-refractivity contribution < 1.29 is 23.9 Å². The predicted octanol–water partition coefficient (Wildman–Crippen LogP) is 3.66. The van der Waals surface area contributed by atoms with E-state index in [1.54, 1.807) is 31.7 Å². The Balaban J connectivity index is 1.84. The van der Waals surface area contributed by atoms with Crippen LogP contribution in [-0.4, -0.2) is 53.4 Å². The van der Waals surface area contributed by atoms with Gasteiger partial charge in [0.25, 0.3) is 0 Å². The number of nitrogens with one attached hydrogen (secondary N) is 1. The summed E-state index contributed by atoms with van der Waals surface area (Å²) in [6.45, 7) is 6.70. The van der Waals surface area contributed by atoms with E-state index in [0.717, 1.165) is 29.4 Å². The number of carbonyl (C=O) groups excluding carboxylic acids is 3. The maximum absolute atomic E-state index is 12.8. The number of benzene rings is 1. The van der Waals surface area contributed by atoms with Gasteiger partial charge in [-0.05, 0) is 44.9 Å². The van der Waals surface area contributed by atoms with Crippen molar-refractivity contribution in [2.45, 2.75) is 46.1 Å². The van der Waals surface area contributed by atoms with Gasteiger partial charge in [0.05, 0.1) is 36.9 Å². The second-order valence-corrected chi connectivity index (χ2v) is 8.45. The molecule has 1 aromatic carbocycles. The summed E-state index contributed by atoms with van der Waals surface area (Å²) in [6, 6.07) is 7.09. The standard InChI is InChI=1S/C23H29N3O5S/c1-4-30-19(28)11-10-18(27)25-17-9-6-8-16(14-17)21-20(22(29)31-5-2)15(3)24-23-26(21)12-7-13-32-23/h6,8-9,14,21H,4-5,7,10-13H2,1-3H3,(H,25,27). The van der Waals surface area contributed by atoms with Gasteiger partial charge in [0.15, 0.2) is 5.17 Å². The van der Waals surface area contributed by atoms with Crippen molar-refractivity contribution in [2.24, 2.45) is 4.99 Å². The number of thioether (sulfide) groups is 1. The van der Waals surface area contributed by atoms with Crippen molar-refractivity contribution in [3.8, 4) is 0 Å². The third-order valence-corrected chi connectivity index (χ3v) is 6.18. The van der Waals surface area contributed by atoms with E-state index in [1.165, 1.54) is 0 Å². The van der Waals surface area contributed by atoms with Gasteiger partial charge in [-0.25, -0.2) is 9.79 Å². The Bertz CT molecular complexity index is 943. The van der Waals surface area contributed by atoms with Crippen LogP contribution in [0.2, 0.25) is 0 Å². The zero-order chi connectivity index (χ0) is 23.1. The first-order valence-corrected chi connectivity index (χ1v) is 11.8. The molecule has 1 unspecified atom stereocenters. The number of amidine groups is 1. The summed E-state index contributed by atoms with van der Waals surface area (Å²) in [5.41, 5.74) is 2.64. The van der Waals surface area contributed by atoms with Gasteiger partial charge >= 0.3 is 11.9 Å². The highest BCUT2D eigenvalue weighted by atomic mass is 32.2. The van der Waals surface area contributed by atoms with Gasteiger partial charge in [-0.1, -0.05) is 23.9 Å². The summed E-state index contributed by atoms with van der Waals surface area (Å²) in [5.74, 6) is -0.0578. The molecule has 1 amide bonds. The average Bonchev–Trinajstić information content (AvgIpc) is 2.77. The molecular formula is C23H29N3O5S. The fourth-order valence-electron chi connectivity index (χ4n) is 3.74. The van der Waals surface area contributed by atoms with Gasteiger partial charge in [0.1, 0.15) is 0 Å². The summed E-state index contributed by atoms with van der Waals surface area (Å²) in [6.07, 6.45) is 1.06. The van der Waals surface area contributed by atoms with Crippen LogP contribution in [0.3, 0.4) is 0 Å². The van der Waals surface area contributed by atoms with Crippen LogP contribution in [-0.2, 0) is 23.9 Å². The third-order valence-electron chi connectivity index (χ3n) is 5.10. The van der Waals surface area contributed by atoms with E-state index in [-0.39, 0.29) is 37.4 Å². The zero-order valence-corrected chi connectivity index (χ0v) is 19.5. The van der Waals surface area contributed by atoms with Gasteiger partial charge in [0, 0.05) is 24.4 Å². The normalized spacial score (nSPS) is 17.9. The number of esters is 2. The molecule has 0 radical (unpaired) electrons. The van der Waals surface area contributed by atoms with E-state index in [4.69, 9.17) is 9.47 Å². The quantitative estimate of drug-likeness (QED) is 0.593. The van der Waals surface area contributed by atoms with Gasteiger partial charge in [-0.3, -0.25) is 9.59 Å². The van der Waals surface area contributed by atoms with Gasteiger partial charge in [-0.15, -0.1) is 0 Å². The number of rotatable bonds is 8. The lowest BCUT2D eigenvalue weighted by Crippen LogP contribution is -2.42. The molecule has 1 N–H and O–H groups in total. The lowest BCUT2D eigenvalue weighted by Gasteiger charge is -2.40. The molecule has 2 aliphatic rings. The molecule has 172 valence electrons. The number of nitrogens with zero attached hydrogens (tertiary/aromatic N) is 2. The van der Waals surface area contributed by atoms with E-state index in [0.29, 0.717) is 23.6 Å². The topological polar surface area (TPSA) is 97.3 Å². The minimum absolute atomic E-state index is 0.0295. The summed E-state index contributed by atoms with van der Waals surface area (Å²) >= 11 is 1.68. The number of allylic oxidation sites excluding steroid dienone is 1. The number of hydrogen-bond donors (Lipinski definition) is 1. The average molecular weight is 460 g/mol. The molecular weight excluding hydrogens is 430 g/mol. The third kappa shape index (κ3) is 5.70. The molecule has 0 bridgehead atoms. The molecule has 32 heavy (non-hydrogen) atoms. The van der Waals surface area contributed by atoms with Crippen LogP contribution in [0.15, 0.2) is 40.5 Å². The van der Waals surface area contributed by atoms with Crippen molar-refractivity contribution in [3.05, 3.63) is 41.1 Å². The number of fused-ring (bicyclic) bond motifs is 1. The molecule has 9 heteroatoms. The van der Waals surface area contributed by atoms with Crippen molar-refractivity contribution in [2.75, 3.05) is 30.8 Å². The minimum atomic E-state index is -0.396. The molecule has 0 spiro atoms. The number of aliphatic imine (C=N–C) groups is 1. The van der Waals surface area contributed by atoms with Crippen molar-refractivity contribution in [1.82, 2.24) is 4.90 Å². The van der Waals surface area contributed by atoms with Crippen LogP contribution in [0.25, 0.3) is 0 Å². The number of amides is 1. The monoisotopic (exact) mass is 459 g/mol. The number of carbonyl (C=O) groups is 3. The summed E-state index contributed by atoms with van der Waals surface area (Å²) in [7, 11) is 0. The van der Waals surface area contributed by atoms with Crippen molar-refractivity contribution in [1.29, 1.82) is 0 Å². The van der Waals surface area contributed by atoms with Gasteiger partial charge in [-0.2, -0.15) is 0 Å². The van der Waals surface area contributed by atoms with Crippen LogP contribution in [0.1, 0.15) is 51.6 Å². The molecule has 2 heterocycles. The first-order chi connectivity index (χ1) is 15.4. The Morgan fingerprint density at radius 2 is 1.97 bits per heavy atom. The van der Waals surface area contributed by atoms with Crippen molar-refractivity contribution >= 4 is 40.5 Å². The number of hydrogen-bond acceptors (Lipinski definition) is 8. The predicted molar refractivity (Wildman–Crippen MR) is 124 cm³/mol. The van der Waals surface area contributed by atoms with Crippen LogP contribution < -0.4 is 5.32 Å². The maximum atomic E-state index is 12.8. The van der Waals surface area contributed by atoms with Crippen LogP contribution in [0.5, 0.6) is 0 Å². The molecule has 1 fully saturated rings. The Kier molecular flexibility index (Phi) is 8.33. The SMILES string of the molecule is CCOC(=O)CCC(=O)Nc1cccc(C2C(C(=O)OCC)=C(C)N=C3SCCCN32)c1. The Hall–Kier alpha value is -2.81. The van der Waals surface area contributed by atoms with E-state index < -0.39 is 5.97 Å². The molecule has 1 aromatic rings. The summed E-state index contributed by atoms with van der Waals surface area (Å²) < 4.78 is 10.2. The van der Waals surface area contributed by atoms with E-state index in [1.807, 2.05) is 25.1 Å². The molecule has 0 aliphatic carbocycles. The van der Waals surface area contributed by atoms with Crippen LogP contribution in [0, 0.1) is 0 Å². The second-order valence-electron chi connectivity index (χ2n) is 7.39. The maximum Gasteiger partial charge on any atom is 0.338 e. The van der Waals surface area contributed by atoms with Gasteiger partial charge in [0.2, 0.25) is 5.91 Å².